The SMILES string of the molecule is COC(=O)NC(C(=O)N1CCCC1c1nc2ccc(-c3ccc(/C=C/c4ccc5nc(C6CCCN6C(=O)C(NC(=O)CO)C(C)C)[nH]c5c4)cc3)cc2[nH]1)C(C)C. The summed E-state index contributed by atoms with van der Waals surface area (Å²) in [6.45, 7) is 8.07. The molecule has 0 radical (unpaired) electrons. The number of likely N-dealkylation sites (tertiary alicyclic amines) is 2. The first kappa shape index (κ1) is 40.2. The van der Waals surface area contributed by atoms with E-state index < -0.39 is 30.7 Å². The number of fused-ring (bicyclic) bond motifs is 2. The number of carbonyl (C=O) groups is 4. The highest BCUT2D eigenvalue weighted by molar-refractivity contribution is 5.89. The van der Waals surface area contributed by atoms with Crippen molar-refractivity contribution in [2.45, 2.75) is 77.5 Å². The van der Waals surface area contributed by atoms with Gasteiger partial charge in [-0.2, -0.15) is 0 Å². The van der Waals surface area contributed by atoms with E-state index in [0.29, 0.717) is 13.1 Å². The number of benzene rings is 3. The second kappa shape index (κ2) is 17.2. The lowest BCUT2D eigenvalue weighted by Crippen LogP contribution is -2.51. The maximum Gasteiger partial charge on any atom is 0.407 e. The van der Waals surface area contributed by atoms with Crippen LogP contribution in [0, 0.1) is 11.8 Å². The van der Waals surface area contributed by atoms with E-state index in [1.54, 1.807) is 4.90 Å². The van der Waals surface area contributed by atoms with Crippen LogP contribution in [0.3, 0.4) is 0 Å². The number of aromatic amines is 2. The van der Waals surface area contributed by atoms with Crippen LogP contribution < -0.4 is 10.6 Å². The molecule has 0 spiro atoms. The molecule has 304 valence electrons. The highest BCUT2D eigenvalue weighted by Gasteiger charge is 2.39. The highest BCUT2D eigenvalue weighted by Crippen LogP contribution is 2.35. The Morgan fingerprint density at radius 1 is 0.741 bits per heavy atom. The quantitative estimate of drug-likeness (QED) is 0.0937. The zero-order valence-electron chi connectivity index (χ0n) is 33.6. The summed E-state index contributed by atoms with van der Waals surface area (Å²) in [5, 5.41) is 14.6. The molecule has 5 aromatic rings. The Labute approximate surface area is 337 Å². The lowest BCUT2D eigenvalue weighted by molar-refractivity contribution is -0.139. The van der Waals surface area contributed by atoms with E-state index in [1.165, 1.54) is 7.11 Å². The van der Waals surface area contributed by atoms with Crippen LogP contribution in [0.1, 0.15) is 88.2 Å². The summed E-state index contributed by atoms with van der Waals surface area (Å²) >= 11 is 0. The van der Waals surface area contributed by atoms with E-state index in [0.717, 1.165) is 81.7 Å². The number of hydrogen-bond donors (Lipinski definition) is 5. The van der Waals surface area contributed by atoms with Crippen molar-refractivity contribution in [3.8, 4) is 11.1 Å². The maximum atomic E-state index is 13.6. The molecule has 4 atom stereocenters. The van der Waals surface area contributed by atoms with Gasteiger partial charge in [0.05, 0.1) is 41.3 Å². The predicted octanol–water partition coefficient (Wildman–Crippen LogP) is 6.12. The number of methoxy groups -OCH3 is 1. The number of aliphatic hydroxyl groups excluding tert-OH is 1. The molecule has 0 saturated carbocycles. The number of ether oxygens (including phenoxy) is 1. The highest BCUT2D eigenvalue weighted by atomic mass is 16.5. The largest absolute Gasteiger partial charge is 0.453 e. The first-order valence-corrected chi connectivity index (χ1v) is 20.1. The molecular formula is C44H52N8O6. The Kier molecular flexibility index (Phi) is 11.9. The second-order valence-electron chi connectivity index (χ2n) is 15.9. The van der Waals surface area contributed by atoms with Crippen molar-refractivity contribution in [3.05, 3.63) is 83.4 Å². The minimum atomic E-state index is -0.722. The number of H-pyrrole nitrogens is 2. The molecule has 4 heterocycles. The summed E-state index contributed by atoms with van der Waals surface area (Å²) in [5.41, 5.74) is 7.54. The molecule has 2 aliphatic rings. The van der Waals surface area contributed by atoms with Gasteiger partial charge in [-0.05, 0) is 84.0 Å². The molecule has 7 rings (SSSR count). The fourth-order valence-corrected chi connectivity index (χ4v) is 8.07. The maximum absolute atomic E-state index is 13.6. The predicted molar refractivity (Wildman–Crippen MR) is 222 cm³/mol. The van der Waals surface area contributed by atoms with Gasteiger partial charge in [-0.3, -0.25) is 14.4 Å². The average molecular weight is 789 g/mol. The number of aromatic nitrogens is 4. The number of aliphatic hydroxyl groups is 1. The fraction of sp³-hybridized carbons (Fsp3) is 0.409. The van der Waals surface area contributed by atoms with Gasteiger partial charge >= 0.3 is 6.09 Å². The normalized spacial score (nSPS) is 18.1. The molecular weight excluding hydrogens is 737 g/mol. The number of alkyl carbamates (subject to hydrolysis) is 1. The topological polar surface area (TPSA) is 186 Å². The first-order chi connectivity index (χ1) is 27.9. The third kappa shape index (κ3) is 8.47. The third-order valence-corrected chi connectivity index (χ3v) is 11.2. The van der Waals surface area contributed by atoms with E-state index in [-0.39, 0.29) is 35.7 Å². The van der Waals surface area contributed by atoms with Gasteiger partial charge in [-0.1, -0.05) is 76.2 Å². The molecule has 2 saturated heterocycles. The van der Waals surface area contributed by atoms with Gasteiger partial charge in [0.2, 0.25) is 17.7 Å². The van der Waals surface area contributed by atoms with E-state index >= 15 is 0 Å². The van der Waals surface area contributed by atoms with Crippen LogP contribution in [-0.4, -0.2) is 97.5 Å². The van der Waals surface area contributed by atoms with E-state index in [4.69, 9.17) is 14.7 Å². The number of nitrogens with zero attached hydrogens (tertiary/aromatic N) is 4. The molecule has 2 aliphatic heterocycles. The minimum Gasteiger partial charge on any atom is -0.453 e. The van der Waals surface area contributed by atoms with Crippen LogP contribution in [-0.2, 0) is 19.1 Å². The van der Waals surface area contributed by atoms with Crippen LogP contribution in [0.4, 0.5) is 4.79 Å². The number of nitrogens with one attached hydrogen (secondary N) is 4. The van der Waals surface area contributed by atoms with Crippen molar-refractivity contribution >= 4 is 58.0 Å². The summed E-state index contributed by atoms with van der Waals surface area (Å²) in [4.78, 5) is 71.3. The third-order valence-electron chi connectivity index (χ3n) is 11.2. The van der Waals surface area contributed by atoms with Gasteiger partial charge < -0.3 is 40.2 Å². The molecule has 14 nitrogen and oxygen atoms in total. The van der Waals surface area contributed by atoms with Crippen LogP contribution in [0.2, 0.25) is 0 Å². The lowest BCUT2D eigenvalue weighted by atomic mass is 10.0. The van der Waals surface area contributed by atoms with Crippen molar-refractivity contribution in [1.29, 1.82) is 0 Å². The number of amides is 4. The summed E-state index contributed by atoms with van der Waals surface area (Å²) in [5.74, 6) is 0.342. The van der Waals surface area contributed by atoms with Crippen LogP contribution in [0.25, 0.3) is 45.3 Å². The van der Waals surface area contributed by atoms with Crippen molar-refractivity contribution in [1.82, 2.24) is 40.4 Å². The standard InChI is InChI=1S/C44H52N8O6/c1-25(2)38(49-37(54)24-53)42(55)51-20-6-8-35(51)40-45-31-18-14-28(22-33(31)47-40)11-10-27-12-15-29(16-13-27)30-17-19-32-34(23-30)48-41(46-32)36-9-7-21-52(36)43(56)39(26(3)4)50-44(57)58-5/h10-19,22-23,25-26,35-36,38-39,53H,6-9,20-21,24H2,1-5H3,(H,45,47)(H,46,48)(H,49,54)(H,50,57)/b11-10+. The van der Waals surface area contributed by atoms with Gasteiger partial charge in [0.1, 0.15) is 30.3 Å². The van der Waals surface area contributed by atoms with Crippen molar-refractivity contribution in [2.75, 3.05) is 26.8 Å². The number of imidazole rings is 2. The Morgan fingerprint density at radius 3 is 1.79 bits per heavy atom. The molecule has 14 heteroatoms. The van der Waals surface area contributed by atoms with Gasteiger partial charge in [0, 0.05) is 13.1 Å². The molecule has 0 aliphatic carbocycles. The molecule has 2 fully saturated rings. The molecule has 0 bridgehead atoms. The van der Waals surface area contributed by atoms with Gasteiger partial charge in [0.15, 0.2) is 0 Å². The summed E-state index contributed by atoms with van der Waals surface area (Å²) < 4.78 is 4.77. The number of hydrogen-bond acceptors (Lipinski definition) is 8. The molecule has 3 aromatic carbocycles. The lowest BCUT2D eigenvalue weighted by Gasteiger charge is -2.30. The second-order valence-corrected chi connectivity index (χ2v) is 15.9. The van der Waals surface area contributed by atoms with Gasteiger partial charge in [-0.25, -0.2) is 14.8 Å². The monoisotopic (exact) mass is 788 g/mol. The number of carbonyl (C=O) groups excluding carboxylic acids is 4. The summed E-state index contributed by atoms with van der Waals surface area (Å²) in [6.07, 6.45) is 6.73. The van der Waals surface area contributed by atoms with Gasteiger partial charge in [-0.15, -0.1) is 0 Å². The zero-order chi connectivity index (χ0) is 41.1. The van der Waals surface area contributed by atoms with Crippen molar-refractivity contribution in [2.24, 2.45) is 11.8 Å². The van der Waals surface area contributed by atoms with E-state index in [9.17, 15) is 24.3 Å². The summed E-state index contributed by atoms with van der Waals surface area (Å²) in [7, 11) is 1.29. The van der Waals surface area contributed by atoms with Crippen LogP contribution >= 0.6 is 0 Å². The zero-order valence-corrected chi connectivity index (χ0v) is 33.6. The summed E-state index contributed by atoms with van der Waals surface area (Å²) in [6, 6.07) is 18.7. The molecule has 5 N–H and O–H groups in total. The van der Waals surface area contributed by atoms with Crippen LogP contribution in [0.15, 0.2) is 60.7 Å². The Bertz CT molecular complexity index is 2330. The first-order valence-electron chi connectivity index (χ1n) is 20.1. The Balaban J connectivity index is 1.02. The van der Waals surface area contributed by atoms with Crippen molar-refractivity contribution < 1.29 is 29.0 Å². The average Bonchev–Trinajstić information content (AvgIpc) is 4.05. The molecule has 58 heavy (non-hydrogen) atoms. The Morgan fingerprint density at radius 2 is 1.24 bits per heavy atom. The van der Waals surface area contributed by atoms with E-state index in [2.05, 4.69) is 69.2 Å². The van der Waals surface area contributed by atoms with Crippen LogP contribution in [0.5, 0.6) is 0 Å². The molecule has 4 unspecified atom stereocenters. The number of rotatable bonds is 12. The molecule has 2 aromatic heterocycles. The smallest absolute Gasteiger partial charge is 0.407 e. The van der Waals surface area contributed by atoms with Crippen molar-refractivity contribution in [3.63, 3.8) is 0 Å². The van der Waals surface area contributed by atoms with E-state index in [1.807, 2.05) is 56.9 Å². The Hall–Kier alpha value is -6.02. The fourth-order valence-electron chi connectivity index (χ4n) is 8.07. The minimum absolute atomic E-state index is 0.107. The van der Waals surface area contributed by atoms with Gasteiger partial charge in [0.25, 0.3) is 0 Å². The molecule has 4 amide bonds.